The van der Waals surface area contributed by atoms with Crippen molar-refractivity contribution in [3.8, 4) is 0 Å². The molecule has 1 fully saturated rings. The van der Waals surface area contributed by atoms with Crippen LogP contribution in [0.5, 0.6) is 0 Å². The Labute approximate surface area is 73.5 Å². The van der Waals surface area contributed by atoms with Crippen LogP contribution in [0.2, 0.25) is 0 Å². The first-order valence-corrected chi connectivity index (χ1v) is 4.66. The summed E-state index contributed by atoms with van der Waals surface area (Å²) in [6.45, 7) is 4.71. The lowest BCUT2D eigenvalue weighted by atomic mass is 9.83. The van der Waals surface area contributed by atoms with Crippen molar-refractivity contribution in [1.82, 2.24) is 0 Å². The van der Waals surface area contributed by atoms with Crippen molar-refractivity contribution < 1.29 is 4.74 Å². The molecule has 12 heavy (non-hydrogen) atoms. The van der Waals surface area contributed by atoms with E-state index in [0.29, 0.717) is 6.10 Å². The topological polar surface area (TPSA) is 38.7 Å². The summed E-state index contributed by atoms with van der Waals surface area (Å²) in [4.78, 5) is 10.5. The molecular formula is C9H17NO2. The monoisotopic (exact) mass is 171 g/mol. The zero-order valence-corrected chi connectivity index (χ0v) is 7.88. The van der Waals surface area contributed by atoms with E-state index in [4.69, 9.17) is 4.74 Å². The summed E-state index contributed by atoms with van der Waals surface area (Å²) >= 11 is 0. The maximum absolute atomic E-state index is 10.5. The van der Waals surface area contributed by atoms with Crippen molar-refractivity contribution in [3.63, 3.8) is 0 Å². The summed E-state index contributed by atoms with van der Waals surface area (Å²) in [6, 6.07) is 0. The molecule has 0 saturated heterocycles. The number of nitrogens with zero attached hydrogens (tertiary/aromatic N) is 1. The second-order valence-corrected chi connectivity index (χ2v) is 3.74. The van der Waals surface area contributed by atoms with E-state index in [-0.39, 0.29) is 5.54 Å². The molecule has 1 saturated carbocycles. The lowest BCUT2D eigenvalue weighted by Crippen LogP contribution is -2.31. The van der Waals surface area contributed by atoms with E-state index in [9.17, 15) is 4.91 Å². The fourth-order valence-corrected chi connectivity index (χ4v) is 1.71. The lowest BCUT2D eigenvalue weighted by Gasteiger charge is -2.31. The van der Waals surface area contributed by atoms with Gasteiger partial charge in [-0.1, -0.05) is 5.18 Å². The highest BCUT2D eigenvalue weighted by atomic mass is 16.5. The molecule has 0 N–H and O–H groups in total. The second kappa shape index (κ2) is 3.99. The molecule has 1 rings (SSSR count). The molecule has 1 aliphatic rings. The highest BCUT2D eigenvalue weighted by Crippen LogP contribution is 2.32. The molecule has 3 heteroatoms. The van der Waals surface area contributed by atoms with E-state index >= 15 is 0 Å². The summed E-state index contributed by atoms with van der Waals surface area (Å²) in [5, 5.41) is 3.17. The second-order valence-electron chi connectivity index (χ2n) is 3.74. The Morgan fingerprint density at radius 3 is 2.50 bits per heavy atom. The number of rotatable bonds is 3. The van der Waals surface area contributed by atoms with Crippen molar-refractivity contribution in [1.29, 1.82) is 0 Å². The molecular weight excluding hydrogens is 154 g/mol. The fourth-order valence-electron chi connectivity index (χ4n) is 1.71. The van der Waals surface area contributed by atoms with E-state index in [2.05, 4.69) is 5.18 Å². The van der Waals surface area contributed by atoms with Gasteiger partial charge >= 0.3 is 0 Å². The van der Waals surface area contributed by atoms with Crippen LogP contribution in [0.15, 0.2) is 5.18 Å². The van der Waals surface area contributed by atoms with Gasteiger partial charge in [0.05, 0.1) is 6.10 Å². The van der Waals surface area contributed by atoms with Crippen LogP contribution in [0, 0.1) is 4.91 Å². The van der Waals surface area contributed by atoms with Gasteiger partial charge in [-0.15, -0.1) is 0 Å². The number of nitroso groups, excluding NO2 is 1. The molecule has 0 aromatic carbocycles. The van der Waals surface area contributed by atoms with Gasteiger partial charge in [0.2, 0.25) is 0 Å². The molecule has 0 bridgehead atoms. The minimum Gasteiger partial charge on any atom is -0.379 e. The lowest BCUT2D eigenvalue weighted by molar-refractivity contribution is 0.0231. The van der Waals surface area contributed by atoms with Crippen LogP contribution in [0.4, 0.5) is 0 Å². The van der Waals surface area contributed by atoms with Gasteiger partial charge in [0.1, 0.15) is 5.54 Å². The van der Waals surface area contributed by atoms with Crippen LogP contribution in [-0.4, -0.2) is 18.2 Å². The van der Waals surface area contributed by atoms with Crippen LogP contribution in [0.3, 0.4) is 0 Å². The molecule has 70 valence electrons. The number of hydrogen-bond donors (Lipinski definition) is 0. The van der Waals surface area contributed by atoms with Gasteiger partial charge in [0, 0.05) is 6.61 Å². The minimum absolute atomic E-state index is 0.312. The Hall–Kier alpha value is -0.440. The van der Waals surface area contributed by atoms with Gasteiger partial charge in [0.15, 0.2) is 0 Å². The standard InChI is InChI=1S/C9H17NO2/c1-3-12-8-4-6-9(2,10-11)7-5-8/h8H,3-7H2,1-2H3/t8-,9-. The quantitative estimate of drug-likeness (QED) is 0.612. The van der Waals surface area contributed by atoms with E-state index in [1.807, 2.05) is 13.8 Å². The van der Waals surface area contributed by atoms with E-state index in [0.717, 1.165) is 32.3 Å². The SMILES string of the molecule is CCO[C@H]1CC[C@](C)(N=O)CC1. The number of ether oxygens (including phenoxy) is 1. The first kappa shape index (κ1) is 9.65. The van der Waals surface area contributed by atoms with Gasteiger partial charge in [-0.3, -0.25) is 0 Å². The van der Waals surface area contributed by atoms with Crippen molar-refractivity contribution in [2.45, 2.75) is 51.2 Å². The average molecular weight is 171 g/mol. The summed E-state index contributed by atoms with van der Waals surface area (Å²) in [5.41, 5.74) is -0.312. The Morgan fingerprint density at radius 1 is 1.50 bits per heavy atom. The minimum atomic E-state index is -0.312. The number of hydrogen-bond acceptors (Lipinski definition) is 3. The predicted molar refractivity (Wildman–Crippen MR) is 48.1 cm³/mol. The first-order chi connectivity index (χ1) is 5.70. The third-order valence-corrected chi connectivity index (χ3v) is 2.63. The zero-order valence-electron chi connectivity index (χ0n) is 7.88. The summed E-state index contributed by atoms with van der Waals surface area (Å²) in [5.74, 6) is 0. The van der Waals surface area contributed by atoms with Crippen molar-refractivity contribution in [2.75, 3.05) is 6.61 Å². The van der Waals surface area contributed by atoms with Crippen LogP contribution in [0.1, 0.15) is 39.5 Å². The molecule has 0 heterocycles. The fraction of sp³-hybridized carbons (Fsp3) is 1.00. The Morgan fingerprint density at radius 2 is 2.08 bits per heavy atom. The van der Waals surface area contributed by atoms with Crippen LogP contribution in [-0.2, 0) is 4.74 Å². The predicted octanol–water partition coefficient (Wildman–Crippen LogP) is 2.49. The van der Waals surface area contributed by atoms with Gasteiger partial charge < -0.3 is 4.74 Å². The van der Waals surface area contributed by atoms with Crippen molar-refractivity contribution in [2.24, 2.45) is 5.18 Å². The smallest absolute Gasteiger partial charge is 0.100 e. The van der Waals surface area contributed by atoms with Gasteiger partial charge in [-0.25, -0.2) is 0 Å². The van der Waals surface area contributed by atoms with Gasteiger partial charge in [-0.05, 0) is 39.5 Å². The maximum atomic E-state index is 10.5. The Balaban J connectivity index is 2.33. The van der Waals surface area contributed by atoms with E-state index in [1.54, 1.807) is 0 Å². The van der Waals surface area contributed by atoms with Crippen LogP contribution >= 0.6 is 0 Å². The van der Waals surface area contributed by atoms with Crippen molar-refractivity contribution in [3.05, 3.63) is 4.91 Å². The third-order valence-electron chi connectivity index (χ3n) is 2.63. The Bertz CT molecular complexity index is 151. The molecule has 0 atom stereocenters. The molecule has 0 aromatic heterocycles. The molecule has 0 unspecified atom stereocenters. The normalized spacial score (nSPS) is 36.3. The van der Waals surface area contributed by atoms with E-state index in [1.165, 1.54) is 0 Å². The maximum Gasteiger partial charge on any atom is 0.100 e. The molecule has 0 aliphatic heterocycles. The van der Waals surface area contributed by atoms with Gasteiger partial charge in [-0.2, -0.15) is 4.91 Å². The third kappa shape index (κ3) is 2.27. The Kier molecular flexibility index (Phi) is 3.20. The molecule has 0 radical (unpaired) electrons. The average Bonchev–Trinajstić information content (AvgIpc) is 2.10. The molecule has 0 aromatic rings. The summed E-state index contributed by atoms with van der Waals surface area (Å²) < 4.78 is 5.48. The molecule has 0 amide bonds. The first-order valence-electron chi connectivity index (χ1n) is 4.66. The van der Waals surface area contributed by atoms with Crippen LogP contribution in [0.25, 0.3) is 0 Å². The van der Waals surface area contributed by atoms with E-state index < -0.39 is 0 Å². The highest BCUT2D eigenvalue weighted by molar-refractivity contribution is 4.88. The zero-order chi connectivity index (χ0) is 9.03. The molecule has 1 aliphatic carbocycles. The van der Waals surface area contributed by atoms with Crippen LogP contribution < -0.4 is 0 Å². The highest BCUT2D eigenvalue weighted by Gasteiger charge is 2.32. The molecule has 3 nitrogen and oxygen atoms in total. The molecule has 0 spiro atoms. The summed E-state index contributed by atoms with van der Waals surface area (Å²) in [7, 11) is 0. The largest absolute Gasteiger partial charge is 0.379 e. The van der Waals surface area contributed by atoms with Crippen molar-refractivity contribution >= 4 is 0 Å². The summed E-state index contributed by atoms with van der Waals surface area (Å²) in [6.07, 6.45) is 4.08. The van der Waals surface area contributed by atoms with Gasteiger partial charge in [0.25, 0.3) is 0 Å².